The third-order valence-electron chi connectivity index (χ3n) is 2.79. The van der Waals surface area contributed by atoms with E-state index in [1.165, 1.54) is 6.07 Å². The molecule has 4 heteroatoms. The molecule has 0 bridgehead atoms. The number of nitrogens with zero attached hydrogens (tertiary/aromatic N) is 2. The van der Waals surface area contributed by atoms with Crippen molar-refractivity contribution in [3.8, 4) is 11.8 Å². The fraction of sp³-hybridized carbons (Fsp3) is 0.357. The summed E-state index contributed by atoms with van der Waals surface area (Å²) in [6, 6.07) is 5.18. The number of benzene rings is 1. The van der Waals surface area contributed by atoms with Gasteiger partial charge in [-0.2, -0.15) is 0 Å². The van der Waals surface area contributed by atoms with E-state index in [2.05, 4.69) is 22.2 Å². The Morgan fingerprint density at radius 3 is 2.94 bits per heavy atom. The Kier molecular flexibility index (Phi) is 3.83. The van der Waals surface area contributed by atoms with Crippen molar-refractivity contribution in [2.45, 2.75) is 13.8 Å². The van der Waals surface area contributed by atoms with Crippen LogP contribution >= 0.6 is 0 Å². The highest BCUT2D eigenvalue weighted by molar-refractivity contribution is 5.97. The highest BCUT2D eigenvalue weighted by atomic mass is 19.1. The summed E-state index contributed by atoms with van der Waals surface area (Å²) < 4.78 is 13.6. The molecule has 1 heterocycles. The summed E-state index contributed by atoms with van der Waals surface area (Å²) >= 11 is 0. The van der Waals surface area contributed by atoms with E-state index in [1.807, 2.05) is 11.0 Å². The lowest BCUT2D eigenvalue weighted by molar-refractivity contribution is 0.618. The molecule has 0 unspecified atom stereocenters. The Morgan fingerprint density at radius 1 is 1.50 bits per heavy atom. The number of rotatable bonds is 2. The number of guanidine groups is 1. The molecular formula is C14H16FN3. The zero-order valence-electron chi connectivity index (χ0n) is 10.6. The molecule has 0 radical (unpaired) electrons. The maximum Gasteiger partial charge on any atom is 0.199 e. The maximum absolute atomic E-state index is 13.6. The Balaban J connectivity index is 2.31. The second kappa shape index (κ2) is 5.54. The number of hydrogen-bond acceptors (Lipinski definition) is 3. The minimum absolute atomic E-state index is 0.208. The Morgan fingerprint density at radius 2 is 2.33 bits per heavy atom. The van der Waals surface area contributed by atoms with Gasteiger partial charge in [0.25, 0.3) is 0 Å². The summed E-state index contributed by atoms with van der Waals surface area (Å²) in [5.74, 6) is 6.40. The second-order valence-corrected chi connectivity index (χ2v) is 4.08. The number of aliphatic imine (C=N–C) groups is 1. The predicted octanol–water partition coefficient (Wildman–Crippen LogP) is 1.92. The van der Waals surface area contributed by atoms with Gasteiger partial charge in [0, 0.05) is 12.2 Å². The third kappa shape index (κ3) is 2.62. The van der Waals surface area contributed by atoms with Crippen LogP contribution in [0.5, 0.6) is 0 Å². The van der Waals surface area contributed by atoms with Crippen molar-refractivity contribution >= 4 is 11.6 Å². The second-order valence-electron chi connectivity index (χ2n) is 4.08. The molecular weight excluding hydrogens is 229 g/mol. The molecule has 0 fully saturated rings. The van der Waals surface area contributed by atoms with Crippen molar-refractivity contribution in [3.63, 3.8) is 0 Å². The van der Waals surface area contributed by atoms with Gasteiger partial charge in [-0.25, -0.2) is 4.39 Å². The third-order valence-corrected chi connectivity index (χ3v) is 2.79. The van der Waals surface area contributed by atoms with Crippen LogP contribution in [0.3, 0.4) is 0 Å². The van der Waals surface area contributed by atoms with Crippen molar-refractivity contribution in [2.75, 3.05) is 24.5 Å². The van der Waals surface area contributed by atoms with Crippen LogP contribution in [0.2, 0.25) is 0 Å². The van der Waals surface area contributed by atoms with E-state index in [-0.39, 0.29) is 5.82 Å². The zero-order valence-corrected chi connectivity index (χ0v) is 10.6. The van der Waals surface area contributed by atoms with Crippen molar-refractivity contribution in [1.29, 1.82) is 0 Å². The summed E-state index contributed by atoms with van der Waals surface area (Å²) in [6.07, 6.45) is 0. The first-order valence-corrected chi connectivity index (χ1v) is 5.94. The molecule has 0 saturated carbocycles. The summed E-state index contributed by atoms with van der Waals surface area (Å²) in [7, 11) is 0. The van der Waals surface area contributed by atoms with Crippen LogP contribution in [-0.2, 0) is 0 Å². The standard InChI is InChI=1S/C14H16FN3/c1-3-4-9-18(14-16-7-8-17-14)12-6-5-11(2)13(15)10-12/h5-6,10H,7-9H2,1-2H3,(H,16,17). The van der Waals surface area contributed by atoms with E-state index in [0.29, 0.717) is 12.1 Å². The first kappa shape index (κ1) is 12.4. The number of hydrogen-bond donors (Lipinski definition) is 1. The molecule has 0 amide bonds. The molecule has 3 nitrogen and oxygen atoms in total. The zero-order chi connectivity index (χ0) is 13.0. The van der Waals surface area contributed by atoms with Gasteiger partial charge in [-0.15, -0.1) is 5.92 Å². The molecule has 1 N–H and O–H groups in total. The lowest BCUT2D eigenvalue weighted by Gasteiger charge is -2.22. The molecule has 0 spiro atoms. The molecule has 0 atom stereocenters. The van der Waals surface area contributed by atoms with E-state index in [0.717, 1.165) is 24.7 Å². The SMILES string of the molecule is CC#CCN(C1=NCCN1)c1ccc(C)c(F)c1. The van der Waals surface area contributed by atoms with Gasteiger partial charge in [0.15, 0.2) is 5.96 Å². The smallest absolute Gasteiger partial charge is 0.199 e. The van der Waals surface area contributed by atoms with Gasteiger partial charge in [-0.1, -0.05) is 12.0 Å². The summed E-state index contributed by atoms with van der Waals surface area (Å²) in [6.45, 7) is 5.61. The number of nitrogens with one attached hydrogen (secondary N) is 1. The Labute approximate surface area is 107 Å². The first-order chi connectivity index (χ1) is 8.72. The van der Waals surface area contributed by atoms with Crippen LogP contribution in [-0.4, -0.2) is 25.6 Å². The monoisotopic (exact) mass is 245 g/mol. The van der Waals surface area contributed by atoms with Crippen molar-refractivity contribution in [2.24, 2.45) is 4.99 Å². The van der Waals surface area contributed by atoms with Gasteiger partial charge in [0.1, 0.15) is 5.82 Å². The molecule has 0 aliphatic carbocycles. The van der Waals surface area contributed by atoms with Crippen LogP contribution in [0.15, 0.2) is 23.2 Å². The van der Waals surface area contributed by atoms with Gasteiger partial charge in [0.05, 0.1) is 13.1 Å². The maximum atomic E-state index is 13.6. The normalized spacial score (nSPS) is 13.4. The van der Waals surface area contributed by atoms with Gasteiger partial charge in [-0.05, 0) is 31.5 Å². The minimum Gasteiger partial charge on any atom is -0.354 e. The Bertz CT molecular complexity index is 526. The van der Waals surface area contributed by atoms with Gasteiger partial charge in [-0.3, -0.25) is 4.99 Å². The summed E-state index contributed by atoms with van der Waals surface area (Å²) in [5.41, 5.74) is 1.41. The predicted molar refractivity (Wildman–Crippen MR) is 72.2 cm³/mol. The Hall–Kier alpha value is -2.02. The molecule has 0 saturated heterocycles. The molecule has 1 aromatic carbocycles. The first-order valence-electron chi connectivity index (χ1n) is 5.94. The molecule has 2 rings (SSSR count). The van der Waals surface area contributed by atoms with Crippen LogP contribution in [0, 0.1) is 24.6 Å². The summed E-state index contributed by atoms with van der Waals surface area (Å²) in [5, 5.41) is 3.18. The number of aryl methyl sites for hydroxylation is 1. The molecule has 1 aromatic rings. The van der Waals surface area contributed by atoms with Crippen LogP contribution < -0.4 is 10.2 Å². The van der Waals surface area contributed by atoms with Crippen LogP contribution in [0.1, 0.15) is 12.5 Å². The van der Waals surface area contributed by atoms with E-state index >= 15 is 0 Å². The van der Waals surface area contributed by atoms with Crippen molar-refractivity contribution in [1.82, 2.24) is 5.32 Å². The van der Waals surface area contributed by atoms with E-state index in [1.54, 1.807) is 19.9 Å². The fourth-order valence-electron chi connectivity index (χ4n) is 1.76. The molecule has 94 valence electrons. The highest BCUT2D eigenvalue weighted by Crippen LogP contribution is 2.18. The van der Waals surface area contributed by atoms with Gasteiger partial charge >= 0.3 is 0 Å². The average Bonchev–Trinajstić information content (AvgIpc) is 2.88. The topological polar surface area (TPSA) is 27.6 Å². The molecule has 18 heavy (non-hydrogen) atoms. The number of halogens is 1. The average molecular weight is 245 g/mol. The quantitative estimate of drug-likeness (QED) is 0.806. The largest absolute Gasteiger partial charge is 0.354 e. The summed E-state index contributed by atoms with van der Waals surface area (Å²) in [4.78, 5) is 6.25. The van der Waals surface area contributed by atoms with Gasteiger partial charge < -0.3 is 10.2 Å². The minimum atomic E-state index is -0.208. The molecule has 1 aliphatic rings. The van der Waals surface area contributed by atoms with E-state index in [9.17, 15) is 4.39 Å². The number of anilines is 1. The van der Waals surface area contributed by atoms with Gasteiger partial charge in [0.2, 0.25) is 0 Å². The molecule has 0 aromatic heterocycles. The van der Waals surface area contributed by atoms with E-state index in [4.69, 9.17) is 0 Å². The fourth-order valence-corrected chi connectivity index (χ4v) is 1.76. The van der Waals surface area contributed by atoms with Crippen LogP contribution in [0.25, 0.3) is 0 Å². The molecule has 1 aliphatic heterocycles. The lowest BCUT2D eigenvalue weighted by atomic mass is 10.2. The van der Waals surface area contributed by atoms with E-state index < -0.39 is 0 Å². The van der Waals surface area contributed by atoms with Crippen molar-refractivity contribution in [3.05, 3.63) is 29.6 Å². The van der Waals surface area contributed by atoms with Crippen LogP contribution in [0.4, 0.5) is 10.1 Å². The van der Waals surface area contributed by atoms with Crippen molar-refractivity contribution < 1.29 is 4.39 Å². The lowest BCUT2D eigenvalue weighted by Crippen LogP contribution is -2.39. The highest BCUT2D eigenvalue weighted by Gasteiger charge is 2.16.